The Kier molecular flexibility index (Phi) is 4.83. The standard InChI is InChI=1S/C5H10BrF/c1-2-3-5(7)4-6/h5H,2-4H2,1H3/t5-/m1/s1. The molecule has 44 valence electrons. The molecule has 0 fully saturated rings. The number of alkyl halides is 2. The van der Waals surface area contributed by atoms with Gasteiger partial charge in [0.2, 0.25) is 0 Å². The highest BCUT2D eigenvalue weighted by molar-refractivity contribution is 9.09. The van der Waals surface area contributed by atoms with Gasteiger partial charge >= 0.3 is 0 Å². The summed E-state index contributed by atoms with van der Waals surface area (Å²) < 4.78 is 12.1. The van der Waals surface area contributed by atoms with Crippen molar-refractivity contribution in [3.05, 3.63) is 0 Å². The third kappa shape index (κ3) is 4.26. The molecule has 0 radical (unpaired) electrons. The van der Waals surface area contributed by atoms with Gasteiger partial charge in [0.25, 0.3) is 0 Å². The van der Waals surface area contributed by atoms with Crippen molar-refractivity contribution in [2.24, 2.45) is 0 Å². The second-order valence-corrected chi connectivity index (χ2v) is 2.19. The van der Waals surface area contributed by atoms with Crippen LogP contribution in [-0.2, 0) is 0 Å². The van der Waals surface area contributed by atoms with E-state index in [0.29, 0.717) is 11.8 Å². The van der Waals surface area contributed by atoms with Gasteiger partial charge in [-0.2, -0.15) is 0 Å². The van der Waals surface area contributed by atoms with Gasteiger partial charge in [-0.25, -0.2) is 4.39 Å². The van der Waals surface area contributed by atoms with Gasteiger partial charge in [0.05, 0.1) is 0 Å². The lowest BCUT2D eigenvalue weighted by Crippen LogP contribution is -1.98. The second kappa shape index (κ2) is 4.57. The summed E-state index contributed by atoms with van der Waals surface area (Å²) in [5.41, 5.74) is 0. The quantitative estimate of drug-likeness (QED) is 0.569. The van der Waals surface area contributed by atoms with Crippen LogP contribution in [0.4, 0.5) is 4.39 Å². The lowest BCUT2D eigenvalue weighted by atomic mass is 10.2. The normalized spacial score (nSPS) is 14.1. The van der Waals surface area contributed by atoms with Gasteiger partial charge in [-0.1, -0.05) is 29.3 Å². The molecule has 0 amide bonds. The SMILES string of the molecule is CCC[C@@H](F)CBr. The largest absolute Gasteiger partial charge is 0.247 e. The minimum atomic E-state index is -0.634. The van der Waals surface area contributed by atoms with E-state index in [1.165, 1.54) is 0 Å². The molecule has 0 spiro atoms. The third-order valence-corrected chi connectivity index (χ3v) is 1.47. The zero-order chi connectivity index (χ0) is 5.70. The van der Waals surface area contributed by atoms with Crippen molar-refractivity contribution in [3.8, 4) is 0 Å². The summed E-state index contributed by atoms with van der Waals surface area (Å²) in [5, 5.41) is 0.487. The molecular weight excluding hydrogens is 159 g/mol. The van der Waals surface area contributed by atoms with E-state index in [-0.39, 0.29) is 0 Å². The average Bonchev–Trinajstić information content (AvgIpc) is 1.68. The summed E-state index contributed by atoms with van der Waals surface area (Å²) >= 11 is 3.04. The van der Waals surface area contributed by atoms with Gasteiger partial charge in [0.15, 0.2) is 0 Å². The molecule has 0 saturated carbocycles. The molecule has 0 heterocycles. The van der Waals surface area contributed by atoms with Crippen LogP contribution in [0.5, 0.6) is 0 Å². The first-order chi connectivity index (χ1) is 3.31. The second-order valence-electron chi connectivity index (χ2n) is 1.54. The Labute approximate surface area is 52.2 Å². The Morgan fingerprint density at radius 3 is 2.43 bits per heavy atom. The van der Waals surface area contributed by atoms with E-state index in [1.54, 1.807) is 0 Å². The molecule has 2 heteroatoms. The average molecular weight is 169 g/mol. The Balaban J connectivity index is 2.83. The van der Waals surface area contributed by atoms with Gasteiger partial charge in [-0.15, -0.1) is 0 Å². The number of hydrogen-bond acceptors (Lipinski definition) is 0. The summed E-state index contributed by atoms with van der Waals surface area (Å²) in [6, 6.07) is 0. The van der Waals surface area contributed by atoms with Gasteiger partial charge in [0, 0.05) is 5.33 Å². The zero-order valence-corrected chi connectivity index (χ0v) is 6.04. The van der Waals surface area contributed by atoms with Crippen LogP contribution in [0.3, 0.4) is 0 Å². The number of halogens is 2. The Morgan fingerprint density at radius 2 is 2.29 bits per heavy atom. The molecule has 0 bridgehead atoms. The molecule has 0 saturated heterocycles. The molecule has 0 aromatic carbocycles. The summed E-state index contributed by atoms with van der Waals surface area (Å²) in [6.45, 7) is 1.98. The minimum Gasteiger partial charge on any atom is -0.247 e. The predicted octanol–water partition coefficient (Wildman–Crippen LogP) is 2.52. The first-order valence-corrected chi connectivity index (χ1v) is 3.63. The molecule has 0 aliphatic rings. The van der Waals surface area contributed by atoms with Crippen molar-refractivity contribution in [1.82, 2.24) is 0 Å². The van der Waals surface area contributed by atoms with E-state index in [1.807, 2.05) is 6.92 Å². The Hall–Kier alpha value is 0.410. The van der Waals surface area contributed by atoms with Crippen molar-refractivity contribution in [2.45, 2.75) is 25.9 Å². The van der Waals surface area contributed by atoms with Crippen LogP contribution in [0.1, 0.15) is 19.8 Å². The van der Waals surface area contributed by atoms with Gasteiger partial charge in [-0.05, 0) is 6.42 Å². The fraction of sp³-hybridized carbons (Fsp3) is 1.00. The fourth-order valence-electron chi connectivity index (χ4n) is 0.390. The van der Waals surface area contributed by atoms with Gasteiger partial charge in [0.1, 0.15) is 6.17 Å². The maximum atomic E-state index is 12.1. The van der Waals surface area contributed by atoms with Gasteiger partial charge in [-0.3, -0.25) is 0 Å². The van der Waals surface area contributed by atoms with Crippen molar-refractivity contribution in [1.29, 1.82) is 0 Å². The van der Waals surface area contributed by atoms with Crippen molar-refractivity contribution < 1.29 is 4.39 Å². The van der Waals surface area contributed by atoms with Gasteiger partial charge < -0.3 is 0 Å². The van der Waals surface area contributed by atoms with Crippen LogP contribution in [0, 0.1) is 0 Å². The zero-order valence-electron chi connectivity index (χ0n) is 4.45. The van der Waals surface area contributed by atoms with E-state index < -0.39 is 6.17 Å². The topological polar surface area (TPSA) is 0 Å². The van der Waals surface area contributed by atoms with Crippen molar-refractivity contribution in [2.75, 3.05) is 5.33 Å². The Bertz CT molecular complexity index is 39.1. The first-order valence-electron chi connectivity index (χ1n) is 2.51. The monoisotopic (exact) mass is 168 g/mol. The Morgan fingerprint density at radius 1 is 1.71 bits per heavy atom. The number of rotatable bonds is 3. The smallest absolute Gasteiger partial charge is 0.110 e. The van der Waals surface area contributed by atoms with Crippen molar-refractivity contribution in [3.63, 3.8) is 0 Å². The first kappa shape index (κ1) is 7.41. The molecule has 0 unspecified atom stereocenters. The third-order valence-electron chi connectivity index (χ3n) is 0.769. The summed E-state index contributed by atoms with van der Waals surface area (Å²) in [6.07, 6.45) is 0.989. The summed E-state index contributed by atoms with van der Waals surface area (Å²) in [5.74, 6) is 0. The molecule has 0 nitrogen and oxygen atoms in total. The molecule has 1 atom stereocenters. The highest BCUT2D eigenvalue weighted by Crippen LogP contribution is 2.03. The van der Waals surface area contributed by atoms with E-state index in [4.69, 9.17) is 0 Å². The predicted molar refractivity (Wildman–Crippen MR) is 33.6 cm³/mol. The molecule has 0 aromatic rings. The molecule has 0 rings (SSSR count). The summed E-state index contributed by atoms with van der Waals surface area (Å²) in [7, 11) is 0. The maximum absolute atomic E-state index is 12.1. The lowest BCUT2D eigenvalue weighted by Gasteiger charge is -1.97. The highest BCUT2D eigenvalue weighted by atomic mass is 79.9. The molecule has 0 aliphatic heterocycles. The van der Waals surface area contributed by atoms with E-state index in [0.717, 1.165) is 6.42 Å². The van der Waals surface area contributed by atoms with Crippen LogP contribution >= 0.6 is 15.9 Å². The van der Waals surface area contributed by atoms with Crippen LogP contribution in [-0.4, -0.2) is 11.5 Å². The van der Waals surface area contributed by atoms with E-state index in [9.17, 15) is 4.39 Å². The van der Waals surface area contributed by atoms with E-state index >= 15 is 0 Å². The van der Waals surface area contributed by atoms with Crippen LogP contribution in [0.15, 0.2) is 0 Å². The molecular formula is C5H10BrF. The number of hydrogen-bond donors (Lipinski definition) is 0. The van der Waals surface area contributed by atoms with Crippen LogP contribution in [0.25, 0.3) is 0 Å². The fourth-order valence-corrected chi connectivity index (χ4v) is 0.714. The van der Waals surface area contributed by atoms with E-state index in [2.05, 4.69) is 15.9 Å². The highest BCUT2D eigenvalue weighted by Gasteiger charge is 1.98. The molecule has 7 heavy (non-hydrogen) atoms. The lowest BCUT2D eigenvalue weighted by molar-refractivity contribution is 0.346. The maximum Gasteiger partial charge on any atom is 0.110 e. The molecule has 0 N–H and O–H groups in total. The van der Waals surface area contributed by atoms with Crippen LogP contribution < -0.4 is 0 Å². The molecule has 0 aliphatic carbocycles. The molecule has 0 aromatic heterocycles. The van der Waals surface area contributed by atoms with Crippen molar-refractivity contribution >= 4 is 15.9 Å². The summed E-state index contributed by atoms with van der Waals surface area (Å²) in [4.78, 5) is 0. The minimum absolute atomic E-state index is 0.487. The van der Waals surface area contributed by atoms with Crippen LogP contribution in [0.2, 0.25) is 0 Å².